The number of nitrogens with one attached hydrogen (secondary N) is 1. The van der Waals surface area contributed by atoms with Gasteiger partial charge in [0.25, 0.3) is 0 Å². The summed E-state index contributed by atoms with van der Waals surface area (Å²) in [5.74, 6) is 0. The van der Waals surface area contributed by atoms with Crippen LogP contribution in [0.3, 0.4) is 0 Å². The minimum atomic E-state index is 0.542. The molecule has 0 aliphatic heterocycles. The van der Waals surface area contributed by atoms with Crippen molar-refractivity contribution in [2.24, 2.45) is 0 Å². The highest BCUT2D eigenvalue weighted by Crippen LogP contribution is 2.19. The number of rotatable bonds is 8. The van der Waals surface area contributed by atoms with Crippen LogP contribution in [-0.2, 0) is 6.42 Å². The Labute approximate surface area is 120 Å². The second-order valence-corrected chi connectivity index (χ2v) is 5.80. The van der Waals surface area contributed by atoms with Crippen molar-refractivity contribution >= 4 is 15.9 Å². The lowest BCUT2D eigenvalue weighted by atomic mass is 10.00. The lowest BCUT2D eigenvalue weighted by Crippen LogP contribution is -2.32. The quantitative estimate of drug-likeness (QED) is 0.685. The van der Waals surface area contributed by atoms with E-state index in [9.17, 15) is 0 Å². The normalized spacial score (nSPS) is 12.4. The van der Waals surface area contributed by atoms with Crippen molar-refractivity contribution in [1.82, 2.24) is 5.32 Å². The smallest absolute Gasteiger partial charge is 0.0207 e. The average Bonchev–Trinajstić information content (AvgIpc) is 2.35. The van der Waals surface area contributed by atoms with Crippen LogP contribution < -0.4 is 5.32 Å². The molecule has 0 amide bonds. The lowest BCUT2D eigenvalue weighted by molar-refractivity contribution is 0.476. The highest BCUT2D eigenvalue weighted by Gasteiger charge is 2.10. The van der Waals surface area contributed by atoms with Crippen LogP contribution in [0, 0.1) is 0 Å². The summed E-state index contributed by atoms with van der Waals surface area (Å²) < 4.78 is 1.21. The number of benzene rings is 1. The summed E-state index contributed by atoms with van der Waals surface area (Å²) >= 11 is 3.63. The molecule has 1 aromatic rings. The Kier molecular flexibility index (Phi) is 7.29. The van der Waals surface area contributed by atoms with E-state index in [1.165, 1.54) is 22.0 Å². The Bertz CT molecular complexity index is 373. The van der Waals surface area contributed by atoms with Crippen LogP contribution in [0.2, 0.25) is 0 Å². The highest BCUT2D eigenvalue weighted by atomic mass is 79.9. The van der Waals surface area contributed by atoms with Crippen molar-refractivity contribution in [3.05, 3.63) is 46.5 Å². The zero-order chi connectivity index (χ0) is 13.4. The largest absolute Gasteiger partial charge is 0.314 e. The third-order valence-corrected chi connectivity index (χ3v) is 3.80. The Morgan fingerprint density at radius 3 is 2.72 bits per heavy atom. The molecule has 0 spiro atoms. The van der Waals surface area contributed by atoms with E-state index in [-0.39, 0.29) is 0 Å². The minimum Gasteiger partial charge on any atom is -0.314 e. The van der Waals surface area contributed by atoms with Gasteiger partial charge in [0, 0.05) is 10.5 Å². The van der Waals surface area contributed by atoms with Crippen LogP contribution in [0.25, 0.3) is 0 Å². The molecule has 18 heavy (non-hydrogen) atoms. The molecule has 0 fully saturated rings. The van der Waals surface area contributed by atoms with Gasteiger partial charge in [0.1, 0.15) is 0 Å². The zero-order valence-electron chi connectivity index (χ0n) is 11.5. The Morgan fingerprint density at radius 2 is 2.11 bits per heavy atom. The first kappa shape index (κ1) is 15.5. The summed E-state index contributed by atoms with van der Waals surface area (Å²) in [7, 11) is 0. The molecule has 1 atom stereocenters. The van der Waals surface area contributed by atoms with Crippen molar-refractivity contribution in [1.29, 1.82) is 0 Å². The van der Waals surface area contributed by atoms with Crippen molar-refractivity contribution in [2.75, 3.05) is 6.54 Å². The SMILES string of the molecule is C=C(C)CCC(Cc1ccccc1Br)NCCC. The van der Waals surface area contributed by atoms with Gasteiger partial charge in [0.15, 0.2) is 0 Å². The fourth-order valence-corrected chi connectivity index (χ4v) is 2.42. The van der Waals surface area contributed by atoms with Crippen LogP contribution in [-0.4, -0.2) is 12.6 Å². The second-order valence-electron chi connectivity index (χ2n) is 4.94. The molecule has 0 heterocycles. The molecule has 1 rings (SSSR count). The standard InChI is InChI=1S/C16H24BrN/c1-4-11-18-15(10-9-13(2)3)12-14-7-5-6-8-16(14)17/h5-8,15,18H,2,4,9-12H2,1,3H3. The highest BCUT2D eigenvalue weighted by molar-refractivity contribution is 9.10. The van der Waals surface area contributed by atoms with Gasteiger partial charge in [-0.2, -0.15) is 0 Å². The van der Waals surface area contributed by atoms with Gasteiger partial charge in [-0.05, 0) is 50.8 Å². The van der Waals surface area contributed by atoms with Gasteiger partial charge in [-0.25, -0.2) is 0 Å². The van der Waals surface area contributed by atoms with E-state index < -0.39 is 0 Å². The van der Waals surface area contributed by atoms with Gasteiger partial charge in [0.05, 0.1) is 0 Å². The molecule has 1 unspecified atom stereocenters. The fourth-order valence-electron chi connectivity index (χ4n) is 1.97. The number of hydrogen-bond donors (Lipinski definition) is 1. The minimum absolute atomic E-state index is 0.542. The lowest BCUT2D eigenvalue weighted by Gasteiger charge is -2.19. The van der Waals surface area contributed by atoms with Gasteiger partial charge >= 0.3 is 0 Å². The molecular weight excluding hydrogens is 286 g/mol. The van der Waals surface area contributed by atoms with Gasteiger partial charge in [-0.1, -0.05) is 46.6 Å². The topological polar surface area (TPSA) is 12.0 Å². The molecule has 0 saturated heterocycles. The molecule has 0 radical (unpaired) electrons. The summed E-state index contributed by atoms with van der Waals surface area (Å²) in [6, 6.07) is 9.03. The van der Waals surface area contributed by atoms with Gasteiger partial charge in [-0.15, -0.1) is 6.58 Å². The fraction of sp³-hybridized carbons (Fsp3) is 0.500. The van der Waals surface area contributed by atoms with Crippen molar-refractivity contribution < 1.29 is 0 Å². The predicted molar refractivity (Wildman–Crippen MR) is 84.0 cm³/mol. The molecule has 0 aliphatic carbocycles. The van der Waals surface area contributed by atoms with E-state index in [2.05, 4.69) is 65.9 Å². The molecule has 2 heteroatoms. The van der Waals surface area contributed by atoms with Crippen LogP contribution in [0.1, 0.15) is 38.7 Å². The van der Waals surface area contributed by atoms with Crippen LogP contribution >= 0.6 is 15.9 Å². The Balaban J connectivity index is 2.59. The van der Waals surface area contributed by atoms with Crippen LogP contribution in [0.5, 0.6) is 0 Å². The molecule has 1 aromatic carbocycles. The number of hydrogen-bond acceptors (Lipinski definition) is 1. The molecule has 1 nitrogen and oxygen atoms in total. The van der Waals surface area contributed by atoms with E-state index in [0.717, 1.165) is 25.8 Å². The maximum Gasteiger partial charge on any atom is 0.0207 e. The van der Waals surface area contributed by atoms with E-state index >= 15 is 0 Å². The predicted octanol–water partition coefficient (Wildman–Crippen LogP) is 4.72. The third kappa shape index (κ3) is 5.83. The third-order valence-electron chi connectivity index (χ3n) is 3.03. The van der Waals surface area contributed by atoms with E-state index in [1.807, 2.05) is 0 Å². The van der Waals surface area contributed by atoms with Gasteiger partial charge in [-0.3, -0.25) is 0 Å². The Morgan fingerprint density at radius 1 is 1.39 bits per heavy atom. The average molecular weight is 310 g/mol. The zero-order valence-corrected chi connectivity index (χ0v) is 13.1. The Hall–Kier alpha value is -0.600. The molecule has 0 aliphatic rings. The summed E-state index contributed by atoms with van der Waals surface area (Å²) in [4.78, 5) is 0. The van der Waals surface area contributed by atoms with Crippen molar-refractivity contribution in [3.8, 4) is 0 Å². The summed E-state index contributed by atoms with van der Waals surface area (Å²) in [6.45, 7) is 9.40. The van der Waals surface area contributed by atoms with Gasteiger partial charge < -0.3 is 5.32 Å². The summed E-state index contributed by atoms with van der Waals surface area (Å²) in [6.07, 6.45) is 4.52. The van der Waals surface area contributed by atoms with Crippen molar-refractivity contribution in [3.63, 3.8) is 0 Å². The number of halogens is 1. The van der Waals surface area contributed by atoms with E-state index in [4.69, 9.17) is 0 Å². The monoisotopic (exact) mass is 309 g/mol. The molecule has 0 saturated carbocycles. The maximum absolute atomic E-state index is 3.99. The van der Waals surface area contributed by atoms with E-state index in [0.29, 0.717) is 6.04 Å². The summed E-state index contributed by atoms with van der Waals surface area (Å²) in [5.41, 5.74) is 2.65. The van der Waals surface area contributed by atoms with Crippen LogP contribution in [0.15, 0.2) is 40.9 Å². The maximum atomic E-state index is 3.99. The number of allylic oxidation sites excluding steroid dienone is 1. The van der Waals surface area contributed by atoms with Gasteiger partial charge in [0.2, 0.25) is 0 Å². The molecular formula is C16H24BrN. The first-order valence-electron chi connectivity index (χ1n) is 6.74. The molecule has 0 bridgehead atoms. The van der Waals surface area contributed by atoms with E-state index in [1.54, 1.807) is 0 Å². The first-order valence-corrected chi connectivity index (χ1v) is 7.54. The first-order chi connectivity index (χ1) is 8.63. The molecule has 0 aromatic heterocycles. The summed E-state index contributed by atoms with van der Waals surface area (Å²) in [5, 5.41) is 3.64. The second kappa shape index (κ2) is 8.49. The van der Waals surface area contributed by atoms with Crippen molar-refractivity contribution in [2.45, 2.75) is 45.6 Å². The molecule has 1 N–H and O–H groups in total. The van der Waals surface area contributed by atoms with Crippen LogP contribution in [0.4, 0.5) is 0 Å². The molecule has 100 valence electrons.